The highest BCUT2D eigenvalue weighted by Gasteiger charge is 2.05. The number of hydrogen-bond donors (Lipinski definition) is 0. The van der Waals surface area contributed by atoms with Crippen molar-refractivity contribution >= 4 is 20.6 Å². The SMILES string of the molecule is CCN(CC)C(=O)C=[PH2+]. The van der Waals surface area contributed by atoms with Gasteiger partial charge in [0.1, 0.15) is 0 Å². The second-order valence-electron chi connectivity index (χ2n) is 1.68. The molecule has 0 aliphatic heterocycles. The molecule has 0 saturated heterocycles. The van der Waals surface area contributed by atoms with Crippen molar-refractivity contribution in [3.05, 3.63) is 0 Å². The molecule has 0 rings (SSSR count). The monoisotopic (exact) mass is 146 g/mol. The van der Waals surface area contributed by atoms with E-state index >= 15 is 0 Å². The Bertz CT molecular complexity index is 110. The van der Waals surface area contributed by atoms with Crippen LogP contribution in [0.25, 0.3) is 0 Å². The maximum Gasteiger partial charge on any atom is 0.288 e. The molecule has 0 aromatic rings. The smallest absolute Gasteiger partial charge is 0.288 e. The molecular formula is C6H13NOP+. The predicted molar refractivity (Wildman–Crippen MR) is 43.7 cm³/mol. The molecule has 0 radical (unpaired) electrons. The largest absolute Gasteiger partial charge is 0.337 e. The molecule has 1 unspecified atom stereocenters. The van der Waals surface area contributed by atoms with Crippen LogP contribution >= 0.6 is 8.86 Å². The van der Waals surface area contributed by atoms with Crippen LogP contribution < -0.4 is 0 Å². The summed E-state index contributed by atoms with van der Waals surface area (Å²) >= 11 is 0. The molecule has 1 amide bonds. The van der Waals surface area contributed by atoms with Gasteiger partial charge in [-0.25, -0.2) is 0 Å². The topological polar surface area (TPSA) is 20.3 Å². The number of carbonyl (C=O) groups is 1. The lowest BCUT2D eigenvalue weighted by Crippen LogP contribution is -2.30. The minimum Gasteiger partial charge on any atom is -0.337 e. The molecule has 0 heterocycles. The Hall–Kier alpha value is -0.360. The van der Waals surface area contributed by atoms with Gasteiger partial charge in [-0.2, -0.15) is 0 Å². The standard InChI is InChI=1S/C6H12NOP/c1-3-7(4-2)6(8)5-9/h5,9H,3-4H2,1-2H3/p+1. The Morgan fingerprint density at radius 1 is 1.56 bits per heavy atom. The van der Waals surface area contributed by atoms with Gasteiger partial charge in [0.2, 0.25) is 0 Å². The zero-order valence-electron chi connectivity index (χ0n) is 5.92. The fraction of sp³-hybridized carbons (Fsp3) is 0.667. The fourth-order valence-electron chi connectivity index (χ4n) is 0.641. The first-order chi connectivity index (χ1) is 4.26. The summed E-state index contributed by atoms with van der Waals surface area (Å²) in [7, 11) is 2.31. The van der Waals surface area contributed by atoms with Gasteiger partial charge >= 0.3 is 0 Å². The maximum absolute atomic E-state index is 10.8. The third kappa shape index (κ3) is 2.62. The average molecular weight is 146 g/mol. The van der Waals surface area contributed by atoms with Crippen LogP contribution in [0.1, 0.15) is 13.8 Å². The van der Waals surface area contributed by atoms with Gasteiger partial charge in [-0.05, 0) is 13.8 Å². The third-order valence-electron chi connectivity index (χ3n) is 1.22. The average Bonchev–Trinajstić information content (AvgIpc) is 1.90. The lowest BCUT2D eigenvalue weighted by atomic mass is 10.5. The molecule has 2 nitrogen and oxygen atoms in total. The van der Waals surface area contributed by atoms with Gasteiger partial charge < -0.3 is 4.90 Å². The first kappa shape index (κ1) is 8.64. The van der Waals surface area contributed by atoms with Crippen molar-refractivity contribution in [1.29, 1.82) is 0 Å². The maximum atomic E-state index is 10.8. The van der Waals surface area contributed by atoms with Crippen molar-refractivity contribution in [3.8, 4) is 0 Å². The molecule has 0 fully saturated rings. The van der Waals surface area contributed by atoms with E-state index in [0.29, 0.717) is 0 Å². The van der Waals surface area contributed by atoms with Crippen LogP contribution in [-0.2, 0) is 4.79 Å². The summed E-state index contributed by atoms with van der Waals surface area (Å²) in [5.74, 6) is 1.59. The van der Waals surface area contributed by atoms with E-state index in [1.54, 1.807) is 4.90 Å². The molecule has 0 aliphatic carbocycles. The lowest BCUT2D eigenvalue weighted by molar-refractivity contribution is -0.123. The highest BCUT2D eigenvalue weighted by molar-refractivity contribution is 7.22. The summed E-state index contributed by atoms with van der Waals surface area (Å²) in [5, 5.41) is 0. The number of rotatable bonds is 3. The third-order valence-corrected chi connectivity index (χ3v) is 1.50. The second-order valence-corrected chi connectivity index (χ2v) is 2.01. The van der Waals surface area contributed by atoms with Gasteiger partial charge in [0.25, 0.3) is 5.91 Å². The van der Waals surface area contributed by atoms with E-state index in [4.69, 9.17) is 0 Å². The van der Waals surface area contributed by atoms with Crippen molar-refractivity contribution in [3.63, 3.8) is 0 Å². The van der Waals surface area contributed by atoms with Crippen LogP contribution in [0.4, 0.5) is 0 Å². The van der Waals surface area contributed by atoms with E-state index in [2.05, 4.69) is 8.86 Å². The number of nitrogens with zero attached hydrogens (tertiary/aromatic N) is 1. The molecule has 0 aromatic carbocycles. The van der Waals surface area contributed by atoms with Crippen molar-refractivity contribution in [2.45, 2.75) is 13.8 Å². The zero-order valence-corrected chi connectivity index (χ0v) is 7.08. The summed E-state index contributed by atoms with van der Waals surface area (Å²) < 4.78 is 0. The molecule has 0 aromatic heterocycles. The van der Waals surface area contributed by atoms with Gasteiger partial charge in [-0.15, -0.1) is 0 Å². The van der Waals surface area contributed by atoms with Crippen LogP contribution in [0.3, 0.4) is 0 Å². The van der Waals surface area contributed by atoms with E-state index in [-0.39, 0.29) is 5.91 Å². The molecule has 0 spiro atoms. The van der Waals surface area contributed by atoms with Crippen LogP contribution in [0, 0.1) is 0 Å². The van der Waals surface area contributed by atoms with Crippen LogP contribution in [-0.4, -0.2) is 29.7 Å². The van der Waals surface area contributed by atoms with E-state index < -0.39 is 0 Å². The van der Waals surface area contributed by atoms with Crippen LogP contribution in [0.2, 0.25) is 0 Å². The summed E-state index contributed by atoms with van der Waals surface area (Å²) in [5.41, 5.74) is 0. The summed E-state index contributed by atoms with van der Waals surface area (Å²) in [6, 6.07) is 0. The van der Waals surface area contributed by atoms with Gasteiger partial charge in [0, 0.05) is 13.1 Å². The van der Waals surface area contributed by atoms with E-state index in [1.807, 2.05) is 13.8 Å². The van der Waals surface area contributed by atoms with Crippen molar-refractivity contribution in [2.75, 3.05) is 13.1 Å². The first-order valence-electron chi connectivity index (χ1n) is 3.10. The summed E-state index contributed by atoms with van der Waals surface area (Å²) in [6.07, 6.45) is 0. The minimum atomic E-state index is 0.0880. The van der Waals surface area contributed by atoms with Crippen LogP contribution in [0.15, 0.2) is 0 Å². The quantitative estimate of drug-likeness (QED) is 0.532. The second kappa shape index (κ2) is 4.51. The molecule has 0 aliphatic rings. The van der Waals surface area contributed by atoms with Crippen molar-refractivity contribution < 1.29 is 4.79 Å². The Labute approximate surface area is 58.1 Å². The molecule has 1 atom stereocenters. The summed E-state index contributed by atoms with van der Waals surface area (Å²) in [4.78, 5) is 12.6. The number of carbonyl (C=O) groups excluding carboxylic acids is 1. The molecule has 52 valence electrons. The van der Waals surface area contributed by atoms with Gasteiger partial charge in [0.15, 0.2) is 5.80 Å². The van der Waals surface area contributed by atoms with E-state index in [0.717, 1.165) is 13.1 Å². The highest BCUT2D eigenvalue weighted by atomic mass is 31.0. The van der Waals surface area contributed by atoms with Gasteiger partial charge in [0.05, 0.1) is 8.86 Å². The summed E-state index contributed by atoms with van der Waals surface area (Å²) in [6.45, 7) is 5.52. The molecule has 3 heteroatoms. The number of hydrogen-bond acceptors (Lipinski definition) is 1. The van der Waals surface area contributed by atoms with E-state index in [9.17, 15) is 4.79 Å². The minimum absolute atomic E-state index is 0.0880. The zero-order chi connectivity index (χ0) is 7.28. The fourth-order valence-corrected chi connectivity index (χ4v) is 0.852. The van der Waals surface area contributed by atoms with Crippen molar-refractivity contribution in [2.24, 2.45) is 0 Å². The van der Waals surface area contributed by atoms with Gasteiger partial charge in [-0.1, -0.05) is 0 Å². The highest BCUT2D eigenvalue weighted by Crippen LogP contribution is 1.85. The Kier molecular flexibility index (Phi) is 4.33. The Morgan fingerprint density at radius 2 is 2.00 bits per heavy atom. The molecule has 9 heavy (non-hydrogen) atoms. The molecular weight excluding hydrogens is 133 g/mol. The first-order valence-corrected chi connectivity index (χ1v) is 3.76. The predicted octanol–water partition coefficient (Wildman–Crippen LogP) is 0.532. The molecule has 0 saturated carbocycles. The van der Waals surface area contributed by atoms with E-state index in [1.165, 1.54) is 5.80 Å². The lowest BCUT2D eigenvalue weighted by Gasteiger charge is -2.13. The Morgan fingerprint density at radius 3 is 2.11 bits per heavy atom. The number of amides is 1. The van der Waals surface area contributed by atoms with Crippen molar-refractivity contribution in [1.82, 2.24) is 4.90 Å². The Balaban J connectivity index is 3.78. The molecule has 0 N–H and O–H groups in total. The van der Waals surface area contributed by atoms with Crippen LogP contribution in [0.5, 0.6) is 0 Å². The molecule has 0 bridgehead atoms. The normalized spacial score (nSPS) is 8.67. The van der Waals surface area contributed by atoms with Gasteiger partial charge in [-0.3, -0.25) is 4.79 Å².